The van der Waals surface area contributed by atoms with Crippen LogP contribution in [0.5, 0.6) is 11.5 Å². The lowest BCUT2D eigenvalue weighted by Gasteiger charge is -2.29. The van der Waals surface area contributed by atoms with E-state index in [2.05, 4.69) is 0 Å². The molecule has 168 valence electrons. The standard InChI is InChI=1S/C22H27NO7S/c1-3-22(21(24)25,31(26,27)20-10-8-18(28-2)9-11-20)16-17-4-6-19(7-5-17)30-23-12-14-29-15-13-23/h4-11H,3,12-16H2,1-2H3,(H,24,25). The van der Waals surface area contributed by atoms with Crippen LogP contribution in [-0.2, 0) is 25.8 Å². The molecule has 0 aromatic heterocycles. The minimum atomic E-state index is -4.18. The number of methoxy groups -OCH3 is 1. The second-order valence-electron chi connectivity index (χ2n) is 7.29. The van der Waals surface area contributed by atoms with Crippen LogP contribution in [0.2, 0.25) is 0 Å². The summed E-state index contributed by atoms with van der Waals surface area (Å²) in [6, 6.07) is 12.6. The number of benzene rings is 2. The molecular weight excluding hydrogens is 422 g/mol. The summed E-state index contributed by atoms with van der Waals surface area (Å²) < 4.78 is 35.2. The number of aliphatic carboxylic acids is 1. The average molecular weight is 450 g/mol. The minimum Gasteiger partial charge on any atom is -0.497 e. The molecule has 3 rings (SSSR count). The fraction of sp³-hybridized carbons (Fsp3) is 0.409. The number of nitrogens with zero attached hydrogens (tertiary/aromatic N) is 1. The minimum absolute atomic E-state index is 0.0511. The van der Waals surface area contributed by atoms with Crippen molar-refractivity contribution in [1.29, 1.82) is 0 Å². The summed E-state index contributed by atoms with van der Waals surface area (Å²) in [7, 11) is -2.70. The second kappa shape index (κ2) is 9.67. The van der Waals surface area contributed by atoms with Gasteiger partial charge in [0.15, 0.2) is 14.6 Å². The monoisotopic (exact) mass is 449 g/mol. The first-order valence-corrected chi connectivity index (χ1v) is 11.5. The van der Waals surface area contributed by atoms with Crippen LogP contribution >= 0.6 is 0 Å². The van der Waals surface area contributed by atoms with Crippen molar-refractivity contribution in [3.05, 3.63) is 54.1 Å². The van der Waals surface area contributed by atoms with Crippen molar-refractivity contribution < 1.29 is 32.6 Å². The Morgan fingerprint density at radius 2 is 1.65 bits per heavy atom. The zero-order chi connectivity index (χ0) is 22.5. The maximum Gasteiger partial charge on any atom is 0.325 e. The molecular formula is C22H27NO7S. The lowest BCUT2D eigenvalue weighted by Crippen LogP contribution is -2.48. The highest BCUT2D eigenvalue weighted by Crippen LogP contribution is 2.34. The number of carboxylic acid groups (broad SMARTS) is 1. The Balaban J connectivity index is 1.85. The quantitative estimate of drug-likeness (QED) is 0.623. The van der Waals surface area contributed by atoms with E-state index in [9.17, 15) is 18.3 Å². The molecule has 1 atom stereocenters. The highest BCUT2D eigenvalue weighted by molar-refractivity contribution is 7.93. The first-order valence-electron chi connectivity index (χ1n) is 10.0. The van der Waals surface area contributed by atoms with E-state index in [0.29, 0.717) is 43.4 Å². The molecule has 1 heterocycles. The Morgan fingerprint density at radius 1 is 1.06 bits per heavy atom. The third-order valence-corrected chi connectivity index (χ3v) is 7.99. The summed E-state index contributed by atoms with van der Waals surface area (Å²) in [5.41, 5.74) is 0.593. The van der Waals surface area contributed by atoms with Gasteiger partial charge in [0.05, 0.1) is 38.3 Å². The van der Waals surface area contributed by atoms with Gasteiger partial charge >= 0.3 is 5.97 Å². The highest BCUT2D eigenvalue weighted by Gasteiger charge is 2.50. The van der Waals surface area contributed by atoms with E-state index in [4.69, 9.17) is 14.3 Å². The number of hydrogen-bond donors (Lipinski definition) is 1. The average Bonchev–Trinajstić information content (AvgIpc) is 2.79. The molecule has 0 aliphatic carbocycles. The van der Waals surface area contributed by atoms with Gasteiger partial charge in [-0.3, -0.25) is 4.79 Å². The van der Waals surface area contributed by atoms with Crippen LogP contribution < -0.4 is 9.57 Å². The molecule has 0 saturated carbocycles. The van der Waals surface area contributed by atoms with Crippen LogP contribution in [0.3, 0.4) is 0 Å². The van der Waals surface area contributed by atoms with Crippen molar-refractivity contribution in [3.8, 4) is 11.5 Å². The van der Waals surface area contributed by atoms with E-state index in [1.165, 1.54) is 31.4 Å². The number of rotatable bonds is 9. The lowest BCUT2D eigenvalue weighted by atomic mass is 9.96. The topological polar surface area (TPSA) is 102 Å². The van der Waals surface area contributed by atoms with E-state index in [0.717, 1.165) is 0 Å². The van der Waals surface area contributed by atoms with Crippen LogP contribution in [-0.4, -0.2) is 62.7 Å². The Kier molecular flexibility index (Phi) is 7.19. The molecule has 1 unspecified atom stereocenters. The van der Waals surface area contributed by atoms with Gasteiger partial charge < -0.3 is 19.4 Å². The molecule has 1 aliphatic rings. The first-order chi connectivity index (χ1) is 14.8. The SMILES string of the molecule is CCC(Cc1ccc(ON2CCOCC2)cc1)(C(=O)O)S(=O)(=O)c1ccc(OC)cc1. The Morgan fingerprint density at radius 3 is 2.16 bits per heavy atom. The van der Waals surface area contributed by atoms with E-state index in [1.807, 2.05) is 0 Å². The second-order valence-corrected chi connectivity index (χ2v) is 9.55. The van der Waals surface area contributed by atoms with Gasteiger partial charge in [0.1, 0.15) is 11.5 Å². The number of hydrogen-bond acceptors (Lipinski definition) is 7. The zero-order valence-corrected chi connectivity index (χ0v) is 18.4. The van der Waals surface area contributed by atoms with E-state index >= 15 is 0 Å². The number of ether oxygens (including phenoxy) is 2. The van der Waals surface area contributed by atoms with Gasteiger partial charge in [-0.25, -0.2) is 8.42 Å². The maximum absolute atomic E-state index is 13.4. The molecule has 1 saturated heterocycles. The summed E-state index contributed by atoms with van der Waals surface area (Å²) in [4.78, 5) is 18.0. The summed E-state index contributed by atoms with van der Waals surface area (Å²) in [5.74, 6) is -0.284. The van der Waals surface area contributed by atoms with Crippen LogP contribution in [0, 0.1) is 0 Å². The smallest absolute Gasteiger partial charge is 0.325 e. The van der Waals surface area contributed by atoms with Crippen molar-refractivity contribution in [3.63, 3.8) is 0 Å². The molecule has 0 bridgehead atoms. The number of carbonyl (C=O) groups is 1. The number of carboxylic acids is 1. The fourth-order valence-corrected chi connectivity index (χ4v) is 5.43. The molecule has 2 aromatic rings. The summed E-state index contributed by atoms with van der Waals surface area (Å²) in [6.07, 6.45) is -0.242. The summed E-state index contributed by atoms with van der Waals surface area (Å²) in [5, 5.41) is 11.8. The molecule has 1 fully saturated rings. The molecule has 0 radical (unpaired) electrons. The van der Waals surface area contributed by atoms with Crippen molar-refractivity contribution in [2.24, 2.45) is 0 Å². The van der Waals surface area contributed by atoms with Gasteiger partial charge in [-0.15, -0.1) is 5.06 Å². The van der Waals surface area contributed by atoms with Gasteiger partial charge in [-0.05, 0) is 48.4 Å². The maximum atomic E-state index is 13.4. The summed E-state index contributed by atoms with van der Waals surface area (Å²) in [6.45, 7) is 4.07. The predicted octanol–water partition coefficient (Wildman–Crippen LogP) is 2.57. The van der Waals surface area contributed by atoms with Crippen LogP contribution in [0.25, 0.3) is 0 Å². The molecule has 2 aromatic carbocycles. The van der Waals surface area contributed by atoms with Crippen LogP contribution in [0.1, 0.15) is 18.9 Å². The Labute approximate surface area is 182 Å². The first kappa shape index (κ1) is 23.1. The Bertz CT molecular complexity index is 984. The van der Waals surface area contributed by atoms with E-state index in [1.54, 1.807) is 36.3 Å². The third-order valence-electron chi connectivity index (χ3n) is 5.46. The van der Waals surface area contributed by atoms with Crippen LogP contribution in [0.4, 0.5) is 0 Å². The van der Waals surface area contributed by atoms with E-state index < -0.39 is 20.6 Å². The zero-order valence-electron chi connectivity index (χ0n) is 17.6. The van der Waals surface area contributed by atoms with Crippen LogP contribution in [0.15, 0.2) is 53.4 Å². The van der Waals surface area contributed by atoms with Gasteiger partial charge in [-0.2, -0.15) is 0 Å². The van der Waals surface area contributed by atoms with Crippen molar-refractivity contribution in [2.75, 3.05) is 33.4 Å². The molecule has 0 amide bonds. The molecule has 1 N–H and O–H groups in total. The highest BCUT2D eigenvalue weighted by atomic mass is 32.2. The van der Waals surface area contributed by atoms with Gasteiger partial charge in [-0.1, -0.05) is 19.1 Å². The van der Waals surface area contributed by atoms with Gasteiger partial charge in [0.2, 0.25) is 0 Å². The number of morpholine rings is 1. The van der Waals surface area contributed by atoms with E-state index in [-0.39, 0.29) is 17.7 Å². The Hall–Kier alpha value is -2.62. The van der Waals surface area contributed by atoms with Gasteiger partial charge in [0, 0.05) is 6.42 Å². The predicted molar refractivity (Wildman–Crippen MR) is 114 cm³/mol. The third kappa shape index (κ3) is 4.84. The summed E-state index contributed by atoms with van der Waals surface area (Å²) >= 11 is 0. The van der Waals surface area contributed by atoms with Crippen molar-refractivity contribution in [2.45, 2.75) is 29.4 Å². The molecule has 1 aliphatic heterocycles. The molecule has 0 spiro atoms. The lowest BCUT2D eigenvalue weighted by molar-refractivity contribution is -0.140. The van der Waals surface area contributed by atoms with Gasteiger partial charge in [0.25, 0.3) is 0 Å². The van der Waals surface area contributed by atoms with Crippen molar-refractivity contribution in [1.82, 2.24) is 5.06 Å². The molecule has 9 heteroatoms. The van der Waals surface area contributed by atoms with Crippen molar-refractivity contribution >= 4 is 15.8 Å². The number of sulfone groups is 1. The molecule has 31 heavy (non-hydrogen) atoms. The molecule has 8 nitrogen and oxygen atoms in total. The largest absolute Gasteiger partial charge is 0.497 e. The fourth-order valence-electron chi connectivity index (χ4n) is 3.52. The normalized spacial score (nSPS) is 17.0. The number of hydroxylamine groups is 2.